The van der Waals surface area contributed by atoms with Crippen LogP contribution in [0.15, 0.2) is 47.4 Å². The molecule has 0 saturated carbocycles. The molecule has 1 aromatic heterocycles. The molecular weight excluding hydrogens is 480 g/mol. The average Bonchev–Trinajstić information content (AvgIpc) is 3.29. The topological polar surface area (TPSA) is 73.8 Å². The van der Waals surface area contributed by atoms with Gasteiger partial charge in [-0.15, -0.1) is 0 Å². The van der Waals surface area contributed by atoms with Crippen molar-refractivity contribution < 1.29 is 13.2 Å². The van der Waals surface area contributed by atoms with E-state index in [1.807, 2.05) is 20.2 Å². The van der Waals surface area contributed by atoms with Crippen LogP contribution in [0.25, 0.3) is 10.2 Å². The van der Waals surface area contributed by atoms with Crippen LogP contribution in [0.4, 0.5) is 5.13 Å². The second-order valence-electron chi connectivity index (χ2n) is 9.25. The number of fused-ring (bicyclic) bond motifs is 1. The van der Waals surface area contributed by atoms with Gasteiger partial charge in [0.15, 0.2) is 5.13 Å². The minimum absolute atomic E-state index is 0.166. The van der Waals surface area contributed by atoms with Gasteiger partial charge in [0.2, 0.25) is 10.0 Å². The molecule has 0 N–H and O–H groups in total. The predicted octanol–water partition coefficient (Wildman–Crippen LogP) is 4.63. The highest BCUT2D eigenvalue weighted by Crippen LogP contribution is 2.31. The standard InChI is InChI=1S/C26H34N4O3S2/c1-4-20-9-14-23-24(19-20)34-26(27-23)30(18-8-15-28(2)3)25(31)21-10-12-22(13-11-21)35(32,33)29-16-6-5-7-17-29/h9-14,19H,4-8,15-18H2,1-3H3. The van der Waals surface area contributed by atoms with Crippen LogP contribution >= 0.6 is 11.3 Å². The molecule has 1 amide bonds. The van der Waals surface area contributed by atoms with Crippen molar-refractivity contribution in [2.75, 3.05) is 45.2 Å². The van der Waals surface area contributed by atoms with Gasteiger partial charge in [-0.1, -0.05) is 30.7 Å². The maximum Gasteiger partial charge on any atom is 0.260 e. The van der Waals surface area contributed by atoms with Gasteiger partial charge in [0.1, 0.15) is 0 Å². The summed E-state index contributed by atoms with van der Waals surface area (Å²) in [4.78, 5) is 22.4. The van der Waals surface area contributed by atoms with E-state index >= 15 is 0 Å². The van der Waals surface area contributed by atoms with Crippen molar-refractivity contribution in [1.82, 2.24) is 14.2 Å². The Morgan fingerprint density at radius 2 is 1.74 bits per heavy atom. The quantitative estimate of drug-likeness (QED) is 0.416. The monoisotopic (exact) mass is 514 g/mol. The van der Waals surface area contributed by atoms with Gasteiger partial charge in [-0.3, -0.25) is 9.69 Å². The summed E-state index contributed by atoms with van der Waals surface area (Å²) in [5.74, 6) is -0.166. The number of sulfonamides is 1. The zero-order valence-electron chi connectivity index (χ0n) is 20.7. The third-order valence-corrected chi connectivity index (χ3v) is 9.32. The second-order valence-corrected chi connectivity index (χ2v) is 12.2. The first-order valence-electron chi connectivity index (χ1n) is 12.3. The highest BCUT2D eigenvalue weighted by atomic mass is 32.2. The van der Waals surface area contributed by atoms with Crippen LogP contribution in [0.1, 0.15) is 48.5 Å². The number of carbonyl (C=O) groups is 1. The van der Waals surface area contributed by atoms with E-state index in [1.54, 1.807) is 33.5 Å². The fourth-order valence-corrected chi connectivity index (χ4v) is 6.87. The molecule has 0 bridgehead atoms. The Hall–Kier alpha value is -2.33. The molecule has 2 heterocycles. The Labute approximate surface area is 212 Å². The number of rotatable bonds is 9. The van der Waals surface area contributed by atoms with Crippen molar-refractivity contribution in [1.29, 1.82) is 0 Å². The predicted molar refractivity (Wildman–Crippen MR) is 143 cm³/mol. The molecule has 35 heavy (non-hydrogen) atoms. The zero-order chi connectivity index (χ0) is 25.0. The Bertz CT molecular complexity index is 1260. The summed E-state index contributed by atoms with van der Waals surface area (Å²) in [5.41, 5.74) is 2.58. The minimum Gasteiger partial charge on any atom is -0.309 e. The Kier molecular flexibility index (Phi) is 8.21. The highest BCUT2D eigenvalue weighted by Gasteiger charge is 2.27. The van der Waals surface area contributed by atoms with E-state index in [2.05, 4.69) is 24.0 Å². The molecule has 188 valence electrons. The van der Waals surface area contributed by atoms with Gasteiger partial charge in [-0.25, -0.2) is 13.4 Å². The van der Waals surface area contributed by atoms with Crippen LogP contribution in [0, 0.1) is 0 Å². The SMILES string of the molecule is CCc1ccc2nc(N(CCCN(C)C)C(=O)c3ccc(S(=O)(=O)N4CCCCC4)cc3)sc2c1. The molecular formula is C26H34N4O3S2. The number of hydrogen-bond donors (Lipinski definition) is 0. The van der Waals surface area contributed by atoms with Crippen LogP contribution in [0.5, 0.6) is 0 Å². The number of amides is 1. The fraction of sp³-hybridized carbons (Fsp3) is 0.462. The average molecular weight is 515 g/mol. The van der Waals surface area contributed by atoms with E-state index in [9.17, 15) is 13.2 Å². The molecule has 7 nitrogen and oxygen atoms in total. The molecule has 0 atom stereocenters. The molecule has 9 heteroatoms. The van der Waals surface area contributed by atoms with E-state index < -0.39 is 10.0 Å². The fourth-order valence-electron chi connectivity index (χ4n) is 4.30. The van der Waals surface area contributed by atoms with Gasteiger partial charge in [-0.2, -0.15) is 4.31 Å². The molecule has 0 radical (unpaired) electrons. The van der Waals surface area contributed by atoms with Crippen molar-refractivity contribution in [3.63, 3.8) is 0 Å². The van der Waals surface area contributed by atoms with Crippen LogP contribution in [0.2, 0.25) is 0 Å². The van der Waals surface area contributed by atoms with Gasteiger partial charge in [0, 0.05) is 25.2 Å². The van der Waals surface area contributed by atoms with Gasteiger partial charge in [0.25, 0.3) is 5.91 Å². The molecule has 0 spiro atoms. The lowest BCUT2D eigenvalue weighted by atomic mass is 10.2. The smallest absolute Gasteiger partial charge is 0.260 e. The van der Waals surface area contributed by atoms with E-state index in [-0.39, 0.29) is 10.8 Å². The Morgan fingerprint density at radius 1 is 1.03 bits per heavy atom. The number of thiazole rings is 1. The number of anilines is 1. The van der Waals surface area contributed by atoms with E-state index in [4.69, 9.17) is 4.98 Å². The van der Waals surface area contributed by atoms with Crippen LogP contribution in [-0.2, 0) is 16.4 Å². The van der Waals surface area contributed by atoms with Gasteiger partial charge in [0.05, 0.1) is 15.1 Å². The van der Waals surface area contributed by atoms with Crippen molar-refractivity contribution in [2.45, 2.75) is 43.9 Å². The molecule has 0 aliphatic carbocycles. The molecule has 2 aromatic carbocycles. The van der Waals surface area contributed by atoms with E-state index in [1.165, 1.54) is 16.9 Å². The minimum atomic E-state index is -3.53. The summed E-state index contributed by atoms with van der Waals surface area (Å²) < 4.78 is 28.6. The van der Waals surface area contributed by atoms with E-state index in [0.717, 1.165) is 48.9 Å². The number of piperidine rings is 1. The van der Waals surface area contributed by atoms with Crippen molar-refractivity contribution >= 4 is 42.6 Å². The number of aromatic nitrogens is 1. The molecule has 0 unspecified atom stereocenters. The van der Waals surface area contributed by atoms with Crippen LogP contribution in [-0.4, -0.2) is 68.8 Å². The summed E-state index contributed by atoms with van der Waals surface area (Å²) in [6.45, 7) is 4.61. The van der Waals surface area contributed by atoms with Gasteiger partial charge >= 0.3 is 0 Å². The highest BCUT2D eigenvalue weighted by molar-refractivity contribution is 7.89. The lowest BCUT2D eigenvalue weighted by molar-refractivity contribution is 0.0986. The first-order chi connectivity index (χ1) is 16.8. The van der Waals surface area contributed by atoms with Crippen molar-refractivity contribution in [3.8, 4) is 0 Å². The summed E-state index contributed by atoms with van der Waals surface area (Å²) in [6, 6.07) is 12.6. The third kappa shape index (κ3) is 5.91. The first kappa shape index (κ1) is 25.8. The van der Waals surface area contributed by atoms with Gasteiger partial charge in [-0.05, 0) is 88.3 Å². The lowest BCUT2D eigenvalue weighted by Gasteiger charge is -2.26. The normalized spacial score (nSPS) is 15.1. The molecule has 1 fully saturated rings. The maximum atomic E-state index is 13.6. The lowest BCUT2D eigenvalue weighted by Crippen LogP contribution is -2.35. The summed E-state index contributed by atoms with van der Waals surface area (Å²) >= 11 is 1.52. The molecule has 1 aliphatic heterocycles. The zero-order valence-corrected chi connectivity index (χ0v) is 22.4. The first-order valence-corrected chi connectivity index (χ1v) is 14.5. The Morgan fingerprint density at radius 3 is 2.40 bits per heavy atom. The molecule has 1 saturated heterocycles. The van der Waals surface area contributed by atoms with Crippen LogP contribution in [0.3, 0.4) is 0 Å². The molecule has 4 rings (SSSR count). The number of benzene rings is 2. The second kappa shape index (κ2) is 11.2. The molecule has 3 aromatic rings. The van der Waals surface area contributed by atoms with E-state index in [0.29, 0.717) is 30.3 Å². The number of carbonyl (C=O) groups excluding carboxylic acids is 1. The number of hydrogen-bond acceptors (Lipinski definition) is 6. The summed E-state index contributed by atoms with van der Waals surface area (Å²) in [5, 5.41) is 0.669. The van der Waals surface area contributed by atoms with Crippen molar-refractivity contribution in [2.24, 2.45) is 0 Å². The van der Waals surface area contributed by atoms with Crippen LogP contribution < -0.4 is 4.90 Å². The maximum absolute atomic E-state index is 13.6. The van der Waals surface area contributed by atoms with Crippen molar-refractivity contribution in [3.05, 3.63) is 53.6 Å². The van der Waals surface area contributed by atoms with Gasteiger partial charge < -0.3 is 4.90 Å². The number of aryl methyl sites for hydroxylation is 1. The molecule has 1 aliphatic rings. The largest absolute Gasteiger partial charge is 0.309 e. The summed E-state index contributed by atoms with van der Waals surface area (Å²) in [7, 11) is 0.491. The summed E-state index contributed by atoms with van der Waals surface area (Å²) in [6.07, 6.45) is 4.59. The Balaban J connectivity index is 1.60. The number of nitrogens with zero attached hydrogens (tertiary/aromatic N) is 4. The third-order valence-electron chi connectivity index (χ3n) is 6.37.